The van der Waals surface area contributed by atoms with Crippen molar-refractivity contribution in [1.82, 2.24) is 0 Å². The molecule has 96 valence electrons. The molecule has 1 atom stereocenters. The fourth-order valence-electron chi connectivity index (χ4n) is 1.41. The van der Waals surface area contributed by atoms with Crippen molar-refractivity contribution in [3.63, 3.8) is 0 Å². The van der Waals surface area contributed by atoms with E-state index in [-0.39, 0.29) is 5.76 Å². The molecule has 1 unspecified atom stereocenters. The van der Waals surface area contributed by atoms with Gasteiger partial charge in [0.1, 0.15) is 11.4 Å². The molecule has 0 N–H and O–H groups in total. The summed E-state index contributed by atoms with van der Waals surface area (Å²) in [7, 11) is 2.54. The number of carbonyl (C=O) groups is 2. The topological polar surface area (TPSA) is 71.1 Å². The SMILES string of the molecule is COC(=O)/C=C1/OC(OC)(C(C)=O)OC1(C)C. The Bertz CT molecular complexity index is 370. The van der Waals surface area contributed by atoms with Gasteiger partial charge in [-0.2, -0.15) is 0 Å². The standard InChI is InChI=1S/C11H16O6/c1-7(12)11(15-5)16-8(6-9(13)14-4)10(2,3)17-11/h6H,1-5H3/b8-6+. The van der Waals surface area contributed by atoms with Crippen LogP contribution in [0.1, 0.15) is 20.8 Å². The number of hydrogen-bond acceptors (Lipinski definition) is 6. The van der Waals surface area contributed by atoms with E-state index >= 15 is 0 Å². The van der Waals surface area contributed by atoms with Crippen LogP contribution in [0.2, 0.25) is 0 Å². The van der Waals surface area contributed by atoms with Crippen molar-refractivity contribution in [2.24, 2.45) is 0 Å². The lowest BCUT2D eigenvalue weighted by atomic mass is 10.1. The van der Waals surface area contributed by atoms with Gasteiger partial charge in [0.25, 0.3) is 0 Å². The monoisotopic (exact) mass is 244 g/mol. The van der Waals surface area contributed by atoms with Gasteiger partial charge in [-0.05, 0) is 13.8 Å². The van der Waals surface area contributed by atoms with Gasteiger partial charge in [0.05, 0.1) is 13.2 Å². The quantitative estimate of drug-likeness (QED) is 0.539. The summed E-state index contributed by atoms with van der Waals surface area (Å²) in [6.07, 6.45) is 1.13. The molecule has 1 saturated heterocycles. The van der Waals surface area contributed by atoms with Crippen molar-refractivity contribution in [2.75, 3.05) is 14.2 Å². The third-order valence-electron chi connectivity index (χ3n) is 2.38. The second kappa shape index (κ2) is 4.46. The van der Waals surface area contributed by atoms with Crippen LogP contribution in [0.3, 0.4) is 0 Å². The van der Waals surface area contributed by atoms with Crippen molar-refractivity contribution in [1.29, 1.82) is 0 Å². The lowest BCUT2D eigenvalue weighted by Gasteiger charge is -2.22. The summed E-state index contributed by atoms with van der Waals surface area (Å²) >= 11 is 0. The smallest absolute Gasteiger partial charge is 0.391 e. The number of methoxy groups -OCH3 is 2. The minimum absolute atomic E-state index is 0.182. The summed E-state index contributed by atoms with van der Waals surface area (Å²) in [5, 5.41) is 0. The lowest BCUT2D eigenvalue weighted by Crippen LogP contribution is -2.42. The summed E-state index contributed by atoms with van der Waals surface area (Å²) in [5.41, 5.74) is -0.949. The Labute approximate surface area is 99.5 Å². The second-order valence-electron chi connectivity index (χ2n) is 4.06. The zero-order chi connectivity index (χ0) is 13.3. The van der Waals surface area contributed by atoms with Crippen LogP contribution in [0.25, 0.3) is 0 Å². The van der Waals surface area contributed by atoms with Crippen molar-refractivity contribution < 1.29 is 28.5 Å². The molecule has 6 nitrogen and oxygen atoms in total. The first kappa shape index (κ1) is 13.7. The first-order chi connectivity index (χ1) is 7.77. The zero-order valence-electron chi connectivity index (χ0n) is 10.5. The number of rotatable bonds is 3. The Kier molecular flexibility index (Phi) is 3.59. The normalized spacial score (nSPS) is 28.9. The Balaban J connectivity index is 3.09. The van der Waals surface area contributed by atoms with Crippen molar-refractivity contribution in [3.05, 3.63) is 11.8 Å². The number of ketones is 1. The Morgan fingerprint density at radius 1 is 1.29 bits per heavy atom. The first-order valence-corrected chi connectivity index (χ1v) is 5.03. The average molecular weight is 244 g/mol. The maximum absolute atomic E-state index is 11.5. The van der Waals surface area contributed by atoms with E-state index in [1.165, 1.54) is 21.1 Å². The van der Waals surface area contributed by atoms with Gasteiger partial charge in [0, 0.05) is 14.0 Å². The number of ether oxygens (including phenoxy) is 4. The van der Waals surface area contributed by atoms with E-state index in [0.29, 0.717) is 0 Å². The van der Waals surface area contributed by atoms with Gasteiger partial charge in [-0.25, -0.2) is 4.79 Å². The van der Waals surface area contributed by atoms with Crippen molar-refractivity contribution in [2.45, 2.75) is 32.3 Å². The van der Waals surface area contributed by atoms with E-state index in [9.17, 15) is 9.59 Å². The van der Waals surface area contributed by atoms with Gasteiger partial charge < -0.3 is 14.2 Å². The van der Waals surface area contributed by atoms with Gasteiger partial charge in [-0.15, -0.1) is 0 Å². The maximum Gasteiger partial charge on any atom is 0.391 e. The van der Waals surface area contributed by atoms with E-state index in [4.69, 9.17) is 14.2 Å². The molecule has 6 heteroatoms. The summed E-state index contributed by atoms with van der Waals surface area (Å²) in [4.78, 5) is 22.6. The average Bonchev–Trinajstić information content (AvgIpc) is 2.51. The third kappa shape index (κ3) is 2.48. The highest BCUT2D eigenvalue weighted by atomic mass is 16.9. The van der Waals surface area contributed by atoms with Gasteiger partial charge in [0.2, 0.25) is 5.78 Å². The molecule has 17 heavy (non-hydrogen) atoms. The van der Waals surface area contributed by atoms with Crippen molar-refractivity contribution in [3.8, 4) is 0 Å². The number of Topliss-reactive ketones (excluding diaryl/α,β-unsaturated/α-hetero) is 1. The Morgan fingerprint density at radius 3 is 2.24 bits per heavy atom. The molecule has 1 rings (SSSR count). The van der Waals surface area contributed by atoms with E-state index in [1.54, 1.807) is 13.8 Å². The molecule has 0 bridgehead atoms. The van der Waals surface area contributed by atoms with E-state index < -0.39 is 23.3 Å². The number of esters is 1. The molecule has 1 aliphatic rings. The molecule has 1 heterocycles. The summed E-state index contributed by atoms with van der Waals surface area (Å²) < 4.78 is 20.2. The fraction of sp³-hybridized carbons (Fsp3) is 0.636. The van der Waals surface area contributed by atoms with Gasteiger partial charge in [0.15, 0.2) is 0 Å². The Hall–Kier alpha value is -1.40. The van der Waals surface area contributed by atoms with Gasteiger partial charge >= 0.3 is 11.9 Å². The van der Waals surface area contributed by atoms with Gasteiger partial charge in [-0.1, -0.05) is 0 Å². The summed E-state index contributed by atoms with van der Waals surface area (Å²) in [6.45, 7) is 4.59. The van der Waals surface area contributed by atoms with E-state index in [2.05, 4.69) is 4.74 Å². The van der Waals surface area contributed by atoms with E-state index in [0.717, 1.165) is 6.08 Å². The highest BCUT2D eigenvalue weighted by molar-refractivity contribution is 5.84. The largest absolute Gasteiger partial charge is 0.466 e. The molecule has 0 radical (unpaired) electrons. The fourth-order valence-corrected chi connectivity index (χ4v) is 1.41. The highest BCUT2D eigenvalue weighted by Crippen LogP contribution is 2.40. The molecule has 0 amide bonds. The molecule has 0 saturated carbocycles. The second-order valence-corrected chi connectivity index (χ2v) is 4.06. The van der Waals surface area contributed by atoms with Crippen LogP contribution in [0.4, 0.5) is 0 Å². The minimum Gasteiger partial charge on any atom is -0.466 e. The third-order valence-corrected chi connectivity index (χ3v) is 2.38. The van der Waals surface area contributed by atoms with Crippen LogP contribution in [0.15, 0.2) is 11.8 Å². The minimum atomic E-state index is -1.79. The molecule has 1 aliphatic heterocycles. The molecular formula is C11H16O6. The van der Waals surface area contributed by atoms with Crippen LogP contribution in [0, 0.1) is 0 Å². The van der Waals surface area contributed by atoms with Gasteiger partial charge in [-0.3, -0.25) is 9.53 Å². The summed E-state index contributed by atoms with van der Waals surface area (Å²) in [5.74, 6) is -2.64. The number of carbonyl (C=O) groups excluding carboxylic acids is 2. The van der Waals surface area contributed by atoms with Crippen LogP contribution in [0.5, 0.6) is 0 Å². The first-order valence-electron chi connectivity index (χ1n) is 5.03. The van der Waals surface area contributed by atoms with E-state index in [1.807, 2.05) is 0 Å². The van der Waals surface area contributed by atoms with Crippen LogP contribution in [-0.2, 0) is 28.5 Å². The molecule has 0 aliphatic carbocycles. The highest BCUT2D eigenvalue weighted by Gasteiger charge is 2.54. The number of hydrogen-bond donors (Lipinski definition) is 0. The van der Waals surface area contributed by atoms with Crippen molar-refractivity contribution >= 4 is 11.8 Å². The molecule has 0 aromatic heterocycles. The molecule has 0 aromatic rings. The maximum atomic E-state index is 11.5. The van der Waals surface area contributed by atoms with Crippen LogP contribution in [-0.4, -0.2) is 37.5 Å². The molecular weight excluding hydrogens is 228 g/mol. The predicted molar refractivity (Wildman–Crippen MR) is 56.8 cm³/mol. The molecule has 0 spiro atoms. The predicted octanol–water partition coefficient (Wildman–Crippen LogP) is 0.758. The Morgan fingerprint density at radius 2 is 1.88 bits per heavy atom. The lowest BCUT2D eigenvalue weighted by molar-refractivity contribution is -0.304. The van der Waals surface area contributed by atoms with Crippen LogP contribution < -0.4 is 0 Å². The molecule has 0 aromatic carbocycles. The molecule has 1 fully saturated rings. The summed E-state index contributed by atoms with van der Waals surface area (Å²) in [6, 6.07) is 0. The zero-order valence-corrected chi connectivity index (χ0v) is 10.5. The van der Waals surface area contributed by atoms with Crippen LogP contribution >= 0.6 is 0 Å².